The zero-order valence-corrected chi connectivity index (χ0v) is 26.4. The van der Waals surface area contributed by atoms with Gasteiger partial charge in [-0.25, -0.2) is 9.67 Å². The van der Waals surface area contributed by atoms with Gasteiger partial charge in [0.05, 0.1) is 23.8 Å². The summed E-state index contributed by atoms with van der Waals surface area (Å²) in [5.74, 6) is 0.627. The summed E-state index contributed by atoms with van der Waals surface area (Å²) in [4.78, 5) is 55.4. The van der Waals surface area contributed by atoms with E-state index in [1.807, 2.05) is 76.6 Å². The summed E-state index contributed by atoms with van der Waals surface area (Å²) >= 11 is 0. The van der Waals surface area contributed by atoms with Crippen LogP contribution in [0, 0.1) is 26.7 Å². The fraction of sp³-hybridized carbons (Fsp3) is 0.516. The normalized spacial score (nSPS) is 17.9. The van der Waals surface area contributed by atoms with Crippen molar-refractivity contribution in [1.29, 1.82) is 0 Å². The number of aryl methyl sites for hydroxylation is 3. The van der Waals surface area contributed by atoms with Crippen LogP contribution in [0.25, 0.3) is 0 Å². The summed E-state index contributed by atoms with van der Waals surface area (Å²) in [6.07, 6.45) is 1.00. The van der Waals surface area contributed by atoms with Crippen LogP contribution in [0.15, 0.2) is 30.3 Å². The predicted octanol–water partition coefficient (Wildman–Crippen LogP) is 2.60. The van der Waals surface area contributed by atoms with Crippen molar-refractivity contribution in [2.24, 2.45) is 5.92 Å². The summed E-state index contributed by atoms with van der Waals surface area (Å²) in [6.45, 7) is 13.2. The molecule has 0 bridgehead atoms. The van der Waals surface area contributed by atoms with E-state index < -0.39 is 12.1 Å². The molecule has 3 N–H and O–H groups in total. The number of hydrogen-bond acceptors (Lipinski definition) is 7. The largest absolute Gasteiger partial charge is 0.483 e. The monoisotopic (exact) mass is 608 g/mol. The third-order valence-electron chi connectivity index (χ3n) is 7.58. The summed E-state index contributed by atoms with van der Waals surface area (Å²) < 4.78 is 3.63. The molecule has 2 atom stereocenters. The van der Waals surface area contributed by atoms with Crippen molar-refractivity contribution < 1.29 is 24.3 Å². The highest BCUT2D eigenvalue weighted by atomic mass is 16.3. The Morgan fingerprint density at radius 1 is 1.07 bits per heavy atom. The number of nitrogens with zero attached hydrogens (tertiary/aromatic N) is 6. The first-order valence-corrected chi connectivity index (χ1v) is 15.0. The number of hydrogen-bond donors (Lipinski definition) is 3. The molecule has 44 heavy (non-hydrogen) atoms. The minimum absolute atomic E-state index is 0.00481. The van der Waals surface area contributed by atoms with E-state index in [0.717, 1.165) is 11.3 Å². The van der Waals surface area contributed by atoms with Crippen LogP contribution in [-0.4, -0.2) is 77.9 Å². The lowest BCUT2D eigenvalue weighted by atomic mass is 10.0. The summed E-state index contributed by atoms with van der Waals surface area (Å²) in [6, 6.07) is 8.45. The van der Waals surface area contributed by atoms with Gasteiger partial charge in [-0.15, -0.1) is 0 Å². The lowest BCUT2D eigenvalue weighted by Crippen LogP contribution is -2.50. The molecule has 13 heteroatoms. The van der Waals surface area contributed by atoms with Crippen LogP contribution >= 0.6 is 0 Å². The van der Waals surface area contributed by atoms with Gasteiger partial charge in [-0.1, -0.05) is 44.2 Å². The summed E-state index contributed by atoms with van der Waals surface area (Å²) in [5.41, 5.74) is 3.07. The molecule has 238 valence electrons. The van der Waals surface area contributed by atoms with Crippen LogP contribution in [0.5, 0.6) is 0 Å². The Morgan fingerprint density at radius 2 is 1.75 bits per heavy atom. The maximum absolute atomic E-state index is 13.8. The van der Waals surface area contributed by atoms with Crippen molar-refractivity contribution >= 4 is 24.2 Å². The Balaban J connectivity index is 0.00000169. The Bertz CT molecular complexity index is 1430. The minimum Gasteiger partial charge on any atom is -0.483 e. The van der Waals surface area contributed by atoms with Crippen molar-refractivity contribution in [3.63, 3.8) is 0 Å². The van der Waals surface area contributed by atoms with E-state index in [0.29, 0.717) is 61.9 Å². The number of carboxylic acid groups (broad SMARTS) is 1. The molecule has 1 aliphatic rings. The van der Waals surface area contributed by atoms with Crippen LogP contribution in [0.1, 0.15) is 78.6 Å². The molecule has 1 aliphatic heterocycles. The molecule has 0 saturated heterocycles. The molecule has 3 heterocycles. The van der Waals surface area contributed by atoms with E-state index >= 15 is 0 Å². The zero-order chi connectivity index (χ0) is 32.4. The minimum atomic E-state index is -0.755. The zero-order valence-electron chi connectivity index (χ0n) is 26.4. The molecule has 2 aromatic heterocycles. The molecule has 1 unspecified atom stereocenters. The second kappa shape index (κ2) is 15.8. The topological polar surface area (TPSA) is 164 Å². The van der Waals surface area contributed by atoms with Crippen LogP contribution < -0.4 is 10.6 Å². The maximum atomic E-state index is 13.8. The first-order valence-electron chi connectivity index (χ1n) is 15.0. The molecule has 0 saturated carbocycles. The SMILES string of the molecule is CCn1nc(C)c(C(=O)N2CCCC(=O)N[C@@H](Cc3ccccc3)C(=O)NC(C(C)C)c3nc(C)nn3CC2)c1C.O=CO. The van der Waals surface area contributed by atoms with Crippen molar-refractivity contribution in [3.8, 4) is 0 Å². The van der Waals surface area contributed by atoms with Gasteiger partial charge in [0.15, 0.2) is 0 Å². The Morgan fingerprint density at radius 3 is 2.36 bits per heavy atom. The van der Waals surface area contributed by atoms with E-state index in [-0.39, 0.29) is 36.5 Å². The average Bonchev–Trinajstić information content (AvgIpc) is 3.49. The van der Waals surface area contributed by atoms with Crippen molar-refractivity contribution in [2.45, 2.75) is 86.0 Å². The van der Waals surface area contributed by atoms with Gasteiger partial charge in [0, 0.05) is 38.2 Å². The van der Waals surface area contributed by atoms with Gasteiger partial charge in [-0.3, -0.25) is 23.9 Å². The Hall–Kier alpha value is -4.55. The number of aromatic nitrogens is 5. The van der Waals surface area contributed by atoms with Gasteiger partial charge < -0.3 is 20.6 Å². The molecule has 4 rings (SSSR count). The highest BCUT2D eigenvalue weighted by Crippen LogP contribution is 2.22. The molecule has 1 aromatic carbocycles. The summed E-state index contributed by atoms with van der Waals surface area (Å²) in [7, 11) is 0. The Labute approximate surface area is 258 Å². The fourth-order valence-corrected chi connectivity index (χ4v) is 5.41. The molecular weight excluding hydrogens is 564 g/mol. The van der Waals surface area contributed by atoms with Crippen LogP contribution in [0.3, 0.4) is 0 Å². The first kappa shape index (κ1) is 33.9. The molecule has 0 radical (unpaired) electrons. The fourth-order valence-electron chi connectivity index (χ4n) is 5.41. The number of benzene rings is 1. The van der Waals surface area contributed by atoms with Gasteiger partial charge in [0.2, 0.25) is 11.8 Å². The van der Waals surface area contributed by atoms with Gasteiger partial charge >= 0.3 is 0 Å². The van der Waals surface area contributed by atoms with Crippen molar-refractivity contribution in [3.05, 3.63) is 64.5 Å². The van der Waals surface area contributed by atoms with Crippen molar-refractivity contribution in [1.82, 2.24) is 40.1 Å². The number of carbonyl (C=O) groups excluding carboxylic acids is 3. The highest BCUT2D eigenvalue weighted by Gasteiger charge is 2.30. The quantitative estimate of drug-likeness (QED) is 0.372. The molecule has 0 spiro atoms. The standard InChI is InChI=1S/C30H42N8O3.CH2O2/c1-7-37-21(5)26(20(4)34-37)30(41)36-15-11-14-25(39)32-24(18-23-12-9-8-10-13-23)29(40)33-27(19(2)3)28-31-22(6)35-38(28)17-16-36;2-1-3/h8-10,12-13,19,24,27H,7,11,14-18H2,1-6H3,(H,32,39)(H,33,40);1H,(H,2,3)/t24-,27?;/m0./s1. The third kappa shape index (κ3) is 8.51. The third-order valence-corrected chi connectivity index (χ3v) is 7.58. The number of nitrogens with one attached hydrogen (secondary N) is 2. The van der Waals surface area contributed by atoms with Crippen LogP contribution in [0.4, 0.5) is 0 Å². The second-order valence-electron chi connectivity index (χ2n) is 11.1. The van der Waals surface area contributed by atoms with E-state index in [9.17, 15) is 14.4 Å². The van der Waals surface area contributed by atoms with Gasteiger partial charge in [-0.05, 0) is 45.6 Å². The van der Waals surface area contributed by atoms with Gasteiger partial charge in [-0.2, -0.15) is 10.2 Å². The smallest absolute Gasteiger partial charge is 0.290 e. The van der Waals surface area contributed by atoms with Crippen LogP contribution in [-0.2, 0) is 33.9 Å². The lowest BCUT2D eigenvalue weighted by Gasteiger charge is -2.28. The summed E-state index contributed by atoms with van der Waals surface area (Å²) in [5, 5.41) is 22.2. The van der Waals surface area contributed by atoms with Gasteiger partial charge in [0.25, 0.3) is 12.4 Å². The van der Waals surface area contributed by atoms with Crippen molar-refractivity contribution in [2.75, 3.05) is 13.1 Å². The molecular formula is C31H44N8O5. The van der Waals surface area contributed by atoms with Gasteiger partial charge in [0.1, 0.15) is 17.7 Å². The number of amides is 3. The molecule has 3 amide bonds. The Kier molecular flexibility index (Phi) is 12.2. The lowest BCUT2D eigenvalue weighted by molar-refractivity contribution is -0.129. The highest BCUT2D eigenvalue weighted by molar-refractivity contribution is 5.96. The number of fused-ring (bicyclic) bond motifs is 1. The molecule has 0 aliphatic carbocycles. The molecule has 3 aromatic rings. The number of carbonyl (C=O) groups is 4. The van der Waals surface area contributed by atoms with E-state index in [1.54, 1.807) is 9.58 Å². The van der Waals surface area contributed by atoms with Crippen LogP contribution in [0.2, 0.25) is 0 Å². The predicted molar refractivity (Wildman–Crippen MR) is 164 cm³/mol. The molecule has 13 nitrogen and oxygen atoms in total. The first-order chi connectivity index (χ1) is 21.0. The maximum Gasteiger partial charge on any atom is 0.290 e. The second-order valence-corrected chi connectivity index (χ2v) is 11.1. The number of rotatable bonds is 5. The van der Waals surface area contributed by atoms with E-state index in [2.05, 4.69) is 25.8 Å². The average molecular weight is 609 g/mol. The molecule has 0 fully saturated rings. The van der Waals surface area contributed by atoms with E-state index in [1.165, 1.54) is 0 Å². The van der Waals surface area contributed by atoms with E-state index in [4.69, 9.17) is 9.90 Å².